The van der Waals surface area contributed by atoms with E-state index in [9.17, 15) is 8.78 Å². The van der Waals surface area contributed by atoms with Gasteiger partial charge in [0.2, 0.25) is 5.95 Å². The number of alkyl halides is 1. The van der Waals surface area contributed by atoms with Crippen LogP contribution in [0.5, 0.6) is 5.75 Å². The molecule has 2 aliphatic rings. The lowest BCUT2D eigenvalue weighted by Gasteiger charge is -2.30. The first-order valence-electron chi connectivity index (χ1n) is 12.3. The molecule has 2 atom stereocenters. The van der Waals surface area contributed by atoms with Gasteiger partial charge in [-0.1, -0.05) is 23.7 Å². The molecule has 0 amide bonds. The van der Waals surface area contributed by atoms with E-state index in [2.05, 4.69) is 10.3 Å². The van der Waals surface area contributed by atoms with Gasteiger partial charge in [-0.2, -0.15) is 4.98 Å². The highest BCUT2D eigenvalue weighted by Gasteiger charge is 2.32. The van der Waals surface area contributed by atoms with E-state index in [1.165, 1.54) is 12.1 Å². The number of ether oxygens (including phenoxy) is 2. The maximum absolute atomic E-state index is 14.2. The standard InChI is InChI=1S/C27H25ClF2N6O2/c1-37-22-12-19(6-7-21(22)36-14-23(28)31-15-36)32-27-33-24-20(26(34-27)35-10-8-18(30)13-35)9-11-38-25(24)16-2-4-17(29)5-3-16/h2-7,12,14-15,18,25H,8-11,13H2,1H3,(H,32,33,34)/t18-,25?/m0/s1. The molecule has 0 saturated carbocycles. The Balaban J connectivity index is 1.39. The van der Waals surface area contributed by atoms with Crippen molar-refractivity contribution < 1.29 is 18.3 Å². The quantitative estimate of drug-likeness (QED) is 0.351. The third-order valence-corrected chi connectivity index (χ3v) is 6.97. The molecule has 8 nitrogen and oxygen atoms in total. The summed E-state index contributed by atoms with van der Waals surface area (Å²) in [4.78, 5) is 15.7. The highest BCUT2D eigenvalue weighted by molar-refractivity contribution is 6.29. The molecule has 1 N–H and O–H groups in total. The van der Waals surface area contributed by atoms with Gasteiger partial charge in [0.05, 0.1) is 31.6 Å². The van der Waals surface area contributed by atoms with Crippen LogP contribution in [0.25, 0.3) is 5.69 Å². The van der Waals surface area contributed by atoms with Crippen LogP contribution in [0.15, 0.2) is 55.0 Å². The van der Waals surface area contributed by atoms with Crippen molar-refractivity contribution in [3.8, 4) is 11.4 Å². The van der Waals surface area contributed by atoms with Crippen molar-refractivity contribution in [2.24, 2.45) is 0 Å². The molecule has 6 rings (SSSR count). The fourth-order valence-corrected chi connectivity index (χ4v) is 5.10. The average molecular weight is 539 g/mol. The maximum atomic E-state index is 14.2. The van der Waals surface area contributed by atoms with Gasteiger partial charge in [-0.15, -0.1) is 0 Å². The van der Waals surface area contributed by atoms with E-state index in [-0.39, 0.29) is 12.4 Å². The van der Waals surface area contributed by atoms with Crippen molar-refractivity contribution in [2.75, 3.05) is 37.0 Å². The summed E-state index contributed by atoms with van der Waals surface area (Å²) in [5, 5.41) is 3.65. The Morgan fingerprint density at radius 1 is 1.16 bits per heavy atom. The zero-order chi connectivity index (χ0) is 26.2. The summed E-state index contributed by atoms with van der Waals surface area (Å²) in [6, 6.07) is 11.8. The van der Waals surface area contributed by atoms with Crippen LogP contribution in [-0.4, -0.2) is 52.5 Å². The number of benzene rings is 2. The average Bonchev–Trinajstić information content (AvgIpc) is 3.56. The number of rotatable bonds is 6. The lowest BCUT2D eigenvalue weighted by molar-refractivity contribution is 0.0664. The second kappa shape index (κ2) is 10.2. The van der Waals surface area contributed by atoms with E-state index < -0.39 is 12.3 Å². The van der Waals surface area contributed by atoms with Crippen molar-refractivity contribution in [3.63, 3.8) is 0 Å². The van der Waals surface area contributed by atoms with Gasteiger partial charge in [0, 0.05) is 36.5 Å². The summed E-state index contributed by atoms with van der Waals surface area (Å²) in [5.41, 5.74) is 3.87. The maximum Gasteiger partial charge on any atom is 0.229 e. The molecule has 11 heteroatoms. The third-order valence-electron chi connectivity index (χ3n) is 6.77. The summed E-state index contributed by atoms with van der Waals surface area (Å²) < 4.78 is 41.3. The van der Waals surface area contributed by atoms with Crippen LogP contribution in [0.4, 0.5) is 26.2 Å². The van der Waals surface area contributed by atoms with Gasteiger partial charge >= 0.3 is 0 Å². The highest BCUT2D eigenvalue weighted by atomic mass is 35.5. The molecule has 1 unspecified atom stereocenters. The SMILES string of the molecule is COc1cc(Nc2nc3c(c(N4CC[C@H](F)C4)n2)CCOC3c2ccc(F)cc2)ccc1-n1cnc(Cl)c1. The Kier molecular flexibility index (Phi) is 6.59. The Morgan fingerprint density at radius 3 is 2.71 bits per heavy atom. The molecule has 1 saturated heterocycles. The minimum Gasteiger partial charge on any atom is -0.494 e. The van der Waals surface area contributed by atoms with E-state index >= 15 is 0 Å². The minimum atomic E-state index is -0.904. The van der Waals surface area contributed by atoms with Crippen LogP contribution in [0.1, 0.15) is 29.3 Å². The van der Waals surface area contributed by atoms with Crippen molar-refractivity contribution in [3.05, 3.63) is 82.8 Å². The summed E-state index contributed by atoms with van der Waals surface area (Å²) in [6.45, 7) is 1.31. The molecule has 38 heavy (non-hydrogen) atoms. The zero-order valence-corrected chi connectivity index (χ0v) is 21.3. The normalized spacial score (nSPS) is 18.9. The van der Waals surface area contributed by atoms with Crippen molar-refractivity contribution in [1.29, 1.82) is 0 Å². The van der Waals surface area contributed by atoms with E-state index in [0.29, 0.717) is 60.0 Å². The molecule has 0 bridgehead atoms. The van der Waals surface area contributed by atoms with Crippen LogP contribution < -0.4 is 15.0 Å². The first-order valence-corrected chi connectivity index (χ1v) is 12.7. The van der Waals surface area contributed by atoms with E-state index in [1.54, 1.807) is 36.3 Å². The van der Waals surface area contributed by atoms with Gasteiger partial charge in [-0.3, -0.25) is 0 Å². The first kappa shape index (κ1) is 24.6. The van der Waals surface area contributed by atoms with Crippen LogP contribution >= 0.6 is 11.6 Å². The topological polar surface area (TPSA) is 77.3 Å². The minimum absolute atomic E-state index is 0.279. The molecule has 196 valence electrons. The van der Waals surface area contributed by atoms with Crippen LogP contribution in [0.3, 0.4) is 0 Å². The third kappa shape index (κ3) is 4.77. The second-order valence-corrected chi connectivity index (χ2v) is 9.62. The molecule has 2 aromatic heterocycles. The molecule has 2 aromatic carbocycles. The predicted molar refractivity (Wildman–Crippen MR) is 140 cm³/mol. The lowest BCUT2D eigenvalue weighted by atomic mass is 9.98. The first-order chi connectivity index (χ1) is 18.5. The largest absolute Gasteiger partial charge is 0.494 e. The number of fused-ring (bicyclic) bond motifs is 1. The Hall–Kier alpha value is -3.76. The number of halogens is 3. The number of nitrogens with zero attached hydrogens (tertiary/aromatic N) is 5. The number of aromatic nitrogens is 4. The smallest absolute Gasteiger partial charge is 0.229 e. The number of imidazole rings is 1. The molecule has 0 aliphatic carbocycles. The summed E-state index contributed by atoms with van der Waals surface area (Å²) in [6.07, 6.45) is 2.96. The number of hydrogen-bond acceptors (Lipinski definition) is 7. The van der Waals surface area contributed by atoms with Gasteiger partial charge in [0.25, 0.3) is 0 Å². The van der Waals surface area contributed by atoms with Gasteiger partial charge in [-0.05, 0) is 36.2 Å². The van der Waals surface area contributed by atoms with Gasteiger partial charge < -0.3 is 24.3 Å². The number of methoxy groups -OCH3 is 1. The summed E-state index contributed by atoms with van der Waals surface area (Å²) in [5.74, 6) is 1.32. The molecule has 0 radical (unpaired) electrons. The molecule has 0 spiro atoms. The van der Waals surface area contributed by atoms with Gasteiger partial charge in [-0.25, -0.2) is 18.7 Å². The van der Waals surface area contributed by atoms with Crippen molar-refractivity contribution in [2.45, 2.75) is 25.1 Å². The Morgan fingerprint density at radius 2 is 2.00 bits per heavy atom. The van der Waals surface area contributed by atoms with Crippen LogP contribution in [0, 0.1) is 5.82 Å². The van der Waals surface area contributed by atoms with E-state index in [1.807, 2.05) is 23.1 Å². The van der Waals surface area contributed by atoms with Crippen LogP contribution in [-0.2, 0) is 11.2 Å². The van der Waals surface area contributed by atoms with E-state index in [0.717, 1.165) is 16.8 Å². The summed E-state index contributed by atoms with van der Waals surface area (Å²) in [7, 11) is 1.58. The summed E-state index contributed by atoms with van der Waals surface area (Å²) >= 11 is 5.99. The number of anilines is 3. The molecule has 4 heterocycles. The Labute approximate surface area is 223 Å². The second-order valence-electron chi connectivity index (χ2n) is 9.23. The number of nitrogens with one attached hydrogen (secondary N) is 1. The monoisotopic (exact) mass is 538 g/mol. The zero-order valence-electron chi connectivity index (χ0n) is 20.6. The highest BCUT2D eigenvalue weighted by Crippen LogP contribution is 2.38. The van der Waals surface area contributed by atoms with Crippen LogP contribution in [0.2, 0.25) is 5.15 Å². The molecule has 4 aromatic rings. The van der Waals surface area contributed by atoms with Crippen molar-refractivity contribution in [1.82, 2.24) is 19.5 Å². The predicted octanol–water partition coefficient (Wildman–Crippen LogP) is 5.42. The lowest BCUT2D eigenvalue weighted by Crippen LogP contribution is -2.28. The van der Waals surface area contributed by atoms with Crippen molar-refractivity contribution >= 4 is 29.1 Å². The molecular formula is C27H25ClF2N6O2. The van der Waals surface area contributed by atoms with Gasteiger partial charge in [0.15, 0.2) is 0 Å². The molecule has 2 aliphatic heterocycles. The Bertz CT molecular complexity index is 1460. The van der Waals surface area contributed by atoms with E-state index in [4.69, 9.17) is 31.0 Å². The van der Waals surface area contributed by atoms with Gasteiger partial charge in [0.1, 0.15) is 41.1 Å². The fourth-order valence-electron chi connectivity index (χ4n) is 4.95. The number of hydrogen-bond donors (Lipinski definition) is 1. The molecular weight excluding hydrogens is 514 g/mol. The fraction of sp³-hybridized carbons (Fsp3) is 0.296. The molecule has 1 fully saturated rings.